The van der Waals surface area contributed by atoms with Crippen molar-refractivity contribution in [2.24, 2.45) is 0 Å². The number of hydrogen-bond acceptors (Lipinski definition) is 4. The van der Waals surface area contributed by atoms with Gasteiger partial charge in [0.15, 0.2) is 0 Å². The second kappa shape index (κ2) is 7.82. The van der Waals surface area contributed by atoms with Crippen LogP contribution in [0.25, 0.3) is 11.1 Å². The molecule has 2 amide bonds. The van der Waals surface area contributed by atoms with Crippen molar-refractivity contribution in [3.05, 3.63) is 59.7 Å². The lowest BCUT2D eigenvalue weighted by molar-refractivity contribution is -0.137. The van der Waals surface area contributed by atoms with E-state index in [2.05, 4.69) is 22.8 Å². The molecule has 3 N–H and O–H groups in total. The fourth-order valence-corrected chi connectivity index (χ4v) is 4.04. The first-order valence-electron chi connectivity index (χ1n) is 10.1. The number of carboxylic acids is 1. The van der Waals surface area contributed by atoms with Gasteiger partial charge in [0.2, 0.25) is 5.91 Å². The van der Waals surface area contributed by atoms with E-state index < -0.39 is 23.6 Å². The summed E-state index contributed by atoms with van der Waals surface area (Å²) < 4.78 is 5.51. The predicted octanol–water partition coefficient (Wildman–Crippen LogP) is 3.04. The van der Waals surface area contributed by atoms with Crippen molar-refractivity contribution >= 4 is 18.0 Å². The van der Waals surface area contributed by atoms with Crippen molar-refractivity contribution in [3.8, 4) is 11.1 Å². The second-order valence-electron chi connectivity index (χ2n) is 8.01. The maximum absolute atomic E-state index is 12.5. The summed E-state index contributed by atoms with van der Waals surface area (Å²) in [6.45, 7) is 1.79. The molecule has 2 aliphatic rings. The monoisotopic (exact) mass is 408 g/mol. The molecule has 1 fully saturated rings. The standard InChI is InChI=1S/C23H24N2O5/c1-14(12-20(26)27)24-21(28)23(10-11-23)25-22(29)30-13-19-17-8-4-2-6-15(17)16-7-3-5-9-18(16)19/h2-9,14,19H,10-13H2,1H3,(H,24,28)(H,25,29)(H,26,27). The summed E-state index contributed by atoms with van der Waals surface area (Å²) in [4.78, 5) is 35.7. The van der Waals surface area contributed by atoms with E-state index in [1.165, 1.54) is 0 Å². The largest absolute Gasteiger partial charge is 0.481 e. The van der Waals surface area contributed by atoms with Crippen molar-refractivity contribution in [2.75, 3.05) is 6.61 Å². The van der Waals surface area contributed by atoms with Crippen LogP contribution in [0.3, 0.4) is 0 Å². The van der Waals surface area contributed by atoms with E-state index in [1.54, 1.807) is 6.92 Å². The molecule has 0 bridgehead atoms. The van der Waals surface area contributed by atoms with Crippen LogP contribution in [0.2, 0.25) is 0 Å². The van der Waals surface area contributed by atoms with E-state index in [9.17, 15) is 14.4 Å². The molecule has 0 spiro atoms. The maximum Gasteiger partial charge on any atom is 0.408 e. The Morgan fingerprint density at radius 1 is 1.07 bits per heavy atom. The van der Waals surface area contributed by atoms with E-state index in [0.717, 1.165) is 22.3 Å². The Labute approximate surface area is 174 Å². The van der Waals surface area contributed by atoms with Gasteiger partial charge in [0.25, 0.3) is 0 Å². The van der Waals surface area contributed by atoms with Crippen LogP contribution >= 0.6 is 0 Å². The van der Waals surface area contributed by atoms with Gasteiger partial charge in [-0.15, -0.1) is 0 Å². The van der Waals surface area contributed by atoms with Gasteiger partial charge in [0, 0.05) is 12.0 Å². The van der Waals surface area contributed by atoms with Crippen molar-refractivity contribution in [3.63, 3.8) is 0 Å². The lowest BCUT2D eigenvalue weighted by Gasteiger charge is -2.21. The molecule has 0 aromatic heterocycles. The van der Waals surface area contributed by atoms with E-state index >= 15 is 0 Å². The summed E-state index contributed by atoms with van der Waals surface area (Å²) in [7, 11) is 0. The minimum Gasteiger partial charge on any atom is -0.481 e. The Kier molecular flexibility index (Phi) is 5.20. The minimum absolute atomic E-state index is 0.0530. The fraction of sp³-hybridized carbons (Fsp3) is 0.348. The summed E-state index contributed by atoms with van der Waals surface area (Å²) in [6.07, 6.45) is 0.189. The third-order valence-corrected chi connectivity index (χ3v) is 5.73. The number of rotatable bonds is 7. The van der Waals surface area contributed by atoms with Crippen molar-refractivity contribution in [1.82, 2.24) is 10.6 Å². The first-order chi connectivity index (χ1) is 14.4. The molecule has 1 unspecified atom stereocenters. The number of aliphatic carboxylic acids is 1. The summed E-state index contributed by atoms with van der Waals surface area (Å²) >= 11 is 0. The van der Waals surface area contributed by atoms with Crippen LogP contribution in [-0.2, 0) is 14.3 Å². The van der Waals surface area contributed by atoms with Gasteiger partial charge in [-0.3, -0.25) is 9.59 Å². The predicted molar refractivity (Wildman–Crippen MR) is 110 cm³/mol. The minimum atomic E-state index is -1.00. The molecule has 1 saturated carbocycles. The molecular formula is C23H24N2O5. The molecule has 7 heteroatoms. The van der Waals surface area contributed by atoms with Gasteiger partial charge in [-0.1, -0.05) is 48.5 Å². The highest BCUT2D eigenvalue weighted by Crippen LogP contribution is 2.44. The zero-order valence-corrected chi connectivity index (χ0v) is 16.7. The molecule has 2 aromatic carbocycles. The topological polar surface area (TPSA) is 105 Å². The number of ether oxygens (including phenoxy) is 1. The Morgan fingerprint density at radius 3 is 2.17 bits per heavy atom. The van der Waals surface area contributed by atoms with Crippen LogP contribution < -0.4 is 10.6 Å². The third kappa shape index (κ3) is 3.87. The molecule has 0 saturated heterocycles. The quantitative estimate of drug-likeness (QED) is 0.653. The summed E-state index contributed by atoms with van der Waals surface area (Å²) in [5.41, 5.74) is 3.52. The smallest absolute Gasteiger partial charge is 0.408 e. The molecule has 7 nitrogen and oxygen atoms in total. The molecular weight excluding hydrogens is 384 g/mol. The number of amides is 2. The average Bonchev–Trinajstić information content (AvgIpc) is 3.42. The summed E-state index contributed by atoms with van der Waals surface area (Å²) in [6, 6.07) is 15.6. The number of hydrogen-bond donors (Lipinski definition) is 3. The first kappa shape index (κ1) is 19.9. The number of carboxylic acid groups (broad SMARTS) is 1. The molecule has 2 aliphatic carbocycles. The van der Waals surface area contributed by atoms with E-state index in [1.807, 2.05) is 36.4 Å². The summed E-state index contributed by atoms with van der Waals surface area (Å²) in [5, 5.41) is 14.2. The van der Waals surface area contributed by atoms with Gasteiger partial charge in [-0.2, -0.15) is 0 Å². The van der Waals surface area contributed by atoms with Gasteiger partial charge >= 0.3 is 12.1 Å². The molecule has 4 rings (SSSR count). The number of fused-ring (bicyclic) bond motifs is 3. The maximum atomic E-state index is 12.5. The van der Waals surface area contributed by atoms with E-state index in [4.69, 9.17) is 9.84 Å². The number of nitrogens with one attached hydrogen (secondary N) is 2. The van der Waals surface area contributed by atoms with Crippen LogP contribution in [0.15, 0.2) is 48.5 Å². The second-order valence-corrected chi connectivity index (χ2v) is 8.01. The van der Waals surface area contributed by atoms with Crippen molar-refractivity contribution < 1.29 is 24.2 Å². The van der Waals surface area contributed by atoms with Crippen molar-refractivity contribution in [2.45, 2.75) is 43.7 Å². The van der Waals surface area contributed by atoms with Gasteiger partial charge in [0.1, 0.15) is 12.1 Å². The highest BCUT2D eigenvalue weighted by molar-refractivity contribution is 5.93. The lowest BCUT2D eigenvalue weighted by Crippen LogP contribution is -2.51. The Balaban J connectivity index is 1.38. The zero-order valence-electron chi connectivity index (χ0n) is 16.7. The fourth-order valence-electron chi connectivity index (χ4n) is 4.04. The van der Waals surface area contributed by atoms with Gasteiger partial charge in [-0.25, -0.2) is 4.79 Å². The van der Waals surface area contributed by atoms with Gasteiger partial charge in [-0.05, 0) is 42.0 Å². The number of carbonyl (C=O) groups is 3. The number of carbonyl (C=O) groups excluding carboxylic acids is 2. The third-order valence-electron chi connectivity index (χ3n) is 5.73. The zero-order chi connectivity index (χ0) is 21.3. The van der Waals surface area contributed by atoms with E-state index in [-0.39, 0.29) is 24.9 Å². The Hall–Kier alpha value is -3.35. The van der Waals surface area contributed by atoms with E-state index in [0.29, 0.717) is 12.8 Å². The van der Waals surface area contributed by atoms with Crippen LogP contribution in [0.4, 0.5) is 4.79 Å². The van der Waals surface area contributed by atoms with Crippen LogP contribution in [-0.4, -0.2) is 41.3 Å². The van der Waals surface area contributed by atoms with Gasteiger partial charge in [0.05, 0.1) is 6.42 Å². The first-order valence-corrected chi connectivity index (χ1v) is 10.1. The Bertz CT molecular complexity index is 953. The van der Waals surface area contributed by atoms with Crippen LogP contribution in [0.5, 0.6) is 0 Å². The average molecular weight is 408 g/mol. The molecule has 30 heavy (non-hydrogen) atoms. The molecule has 0 heterocycles. The van der Waals surface area contributed by atoms with Crippen LogP contribution in [0, 0.1) is 0 Å². The Morgan fingerprint density at radius 2 is 1.63 bits per heavy atom. The van der Waals surface area contributed by atoms with Crippen LogP contribution in [0.1, 0.15) is 43.2 Å². The molecule has 0 aliphatic heterocycles. The number of alkyl carbamates (subject to hydrolysis) is 1. The molecule has 2 aromatic rings. The summed E-state index contributed by atoms with van der Waals surface area (Å²) in [5.74, 6) is -1.41. The number of benzene rings is 2. The SMILES string of the molecule is CC(CC(=O)O)NC(=O)C1(NC(=O)OCC2c3ccccc3-c3ccccc32)CC1. The van der Waals surface area contributed by atoms with Crippen molar-refractivity contribution in [1.29, 1.82) is 0 Å². The molecule has 156 valence electrons. The molecule has 0 radical (unpaired) electrons. The highest BCUT2D eigenvalue weighted by atomic mass is 16.5. The van der Waals surface area contributed by atoms with Gasteiger partial charge < -0.3 is 20.5 Å². The normalized spacial score (nSPS) is 16.7. The molecule has 1 atom stereocenters. The highest BCUT2D eigenvalue weighted by Gasteiger charge is 2.52. The lowest BCUT2D eigenvalue weighted by atomic mass is 9.98.